The molecule has 0 aliphatic heterocycles. The van der Waals surface area contributed by atoms with Crippen LogP contribution in [-0.4, -0.2) is 12.0 Å². The van der Waals surface area contributed by atoms with Gasteiger partial charge < -0.3 is 5.32 Å². The van der Waals surface area contributed by atoms with Crippen LogP contribution < -0.4 is 5.32 Å². The van der Waals surface area contributed by atoms with E-state index < -0.39 is 5.92 Å². The Morgan fingerprint density at radius 2 is 1.74 bits per heavy atom. The van der Waals surface area contributed by atoms with E-state index in [9.17, 15) is 8.78 Å². The molecule has 1 aliphatic rings. The Bertz CT molecular complexity index is 426. The second-order valence-electron chi connectivity index (χ2n) is 5.53. The molecule has 106 valence electrons. The van der Waals surface area contributed by atoms with Gasteiger partial charge in [0.05, 0.1) is 0 Å². The lowest BCUT2D eigenvalue weighted by atomic mass is 9.92. The molecule has 1 saturated carbocycles. The number of rotatable bonds is 3. The molecule has 1 aliphatic carbocycles. The van der Waals surface area contributed by atoms with E-state index in [0.717, 1.165) is 11.0 Å². The first-order chi connectivity index (χ1) is 8.87. The molecule has 1 nitrogen and oxygen atoms in total. The number of aryl methyl sites for hydroxylation is 2. The SMILES string of the molecule is Cc1cc(Br)cc(C)c1CNC1CCC(F)(F)CC1. The molecule has 1 aromatic rings. The molecule has 0 unspecified atom stereocenters. The highest BCUT2D eigenvalue weighted by Crippen LogP contribution is 2.33. The van der Waals surface area contributed by atoms with Crippen molar-refractivity contribution in [2.45, 2.75) is 58.0 Å². The fourth-order valence-corrected chi connectivity index (χ4v) is 3.40. The first-order valence-electron chi connectivity index (χ1n) is 6.74. The monoisotopic (exact) mass is 331 g/mol. The van der Waals surface area contributed by atoms with Gasteiger partial charge in [-0.2, -0.15) is 0 Å². The lowest BCUT2D eigenvalue weighted by Gasteiger charge is -2.29. The molecule has 0 saturated heterocycles. The van der Waals surface area contributed by atoms with Crippen LogP contribution >= 0.6 is 15.9 Å². The highest BCUT2D eigenvalue weighted by molar-refractivity contribution is 9.10. The van der Waals surface area contributed by atoms with Crippen LogP contribution in [0.2, 0.25) is 0 Å². The highest BCUT2D eigenvalue weighted by Gasteiger charge is 2.34. The van der Waals surface area contributed by atoms with Crippen LogP contribution in [0.25, 0.3) is 0 Å². The Balaban J connectivity index is 1.93. The molecule has 2 rings (SSSR count). The molecule has 19 heavy (non-hydrogen) atoms. The minimum absolute atomic E-state index is 0.0168. The van der Waals surface area contributed by atoms with Gasteiger partial charge in [-0.3, -0.25) is 0 Å². The van der Waals surface area contributed by atoms with Gasteiger partial charge in [0, 0.05) is 29.9 Å². The summed E-state index contributed by atoms with van der Waals surface area (Å²) in [5.41, 5.74) is 3.75. The van der Waals surface area contributed by atoms with E-state index in [0.29, 0.717) is 12.8 Å². The summed E-state index contributed by atoms with van der Waals surface area (Å²) in [6.45, 7) is 4.94. The predicted molar refractivity (Wildman–Crippen MR) is 77.7 cm³/mol. The van der Waals surface area contributed by atoms with Crippen molar-refractivity contribution in [1.29, 1.82) is 0 Å². The lowest BCUT2D eigenvalue weighted by molar-refractivity contribution is -0.0405. The summed E-state index contributed by atoms with van der Waals surface area (Å²) in [4.78, 5) is 0. The molecule has 0 spiro atoms. The number of hydrogen-bond donors (Lipinski definition) is 1. The van der Waals surface area contributed by atoms with E-state index in [4.69, 9.17) is 0 Å². The number of benzene rings is 1. The summed E-state index contributed by atoms with van der Waals surface area (Å²) < 4.78 is 27.2. The third-order valence-corrected chi connectivity index (χ3v) is 4.40. The minimum Gasteiger partial charge on any atom is -0.310 e. The fraction of sp³-hybridized carbons (Fsp3) is 0.600. The van der Waals surface area contributed by atoms with Gasteiger partial charge in [0.2, 0.25) is 5.92 Å². The van der Waals surface area contributed by atoms with Crippen molar-refractivity contribution < 1.29 is 8.78 Å². The molecular formula is C15H20BrF2N. The van der Waals surface area contributed by atoms with Gasteiger partial charge in [-0.25, -0.2) is 8.78 Å². The van der Waals surface area contributed by atoms with Crippen LogP contribution in [0.4, 0.5) is 8.78 Å². The summed E-state index contributed by atoms with van der Waals surface area (Å²) in [6.07, 6.45) is 1.18. The highest BCUT2D eigenvalue weighted by atomic mass is 79.9. The van der Waals surface area contributed by atoms with E-state index in [-0.39, 0.29) is 18.9 Å². The smallest absolute Gasteiger partial charge is 0.248 e. The molecule has 0 radical (unpaired) electrons. The van der Waals surface area contributed by atoms with Crippen molar-refractivity contribution in [3.8, 4) is 0 Å². The summed E-state index contributed by atoms with van der Waals surface area (Å²) in [6, 6.07) is 4.42. The Morgan fingerprint density at radius 3 is 2.26 bits per heavy atom. The lowest BCUT2D eigenvalue weighted by Crippen LogP contribution is -2.36. The van der Waals surface area contributed by atoms with Crippen molar-refractivity contribution >= 4 is 15.9 Å². The van der Waals surface area contributed by atoms with Crippen LogP contribution in [0.5, 0.6) is 0 Å². The molecule has 0 aromatic heterocycles. The maximum absolute atomic E-state index is 13.1. The summed E-state index contributed by atoms with van der Waals surface area (Å²) in [5, 5.41) is 3.43. The second-order valence-corrected chi connectivity index (χ2v) is 6.44. The van der Waals surface area contributed by atoms with Gasteiger partial charge >= 0.3 is 0 Å². The first kappa shape index (κ1) is 14.9. The zero-order chi connectivity index (χ0) is 14.0. The van der Waals surface area contributed by atoms with Crippen LogP contribution in [0.15, 0.2) is 16.6 Å². The van der Waals surface area contributed by atoms with Gasteiger partial charge in [0.15, 0.2) is 0 Å². The van der Waals surface area contributed by atoms with E-state index in [1.165, 1.54) is 16.7 Å². The number of nitrogens with one attached hydrogen (secondary N) is 1. The van der Waals surface area contributed by atoms with Gasteiger partial charge in [-0.1, -0.05) is 15.9 Å². The molecule has 0 heterocycles. The van der Waals surface area contributed by atoms with Gasteiger partial charge in [-0.15, -0.1) is 0 Å². The minimum atomic E-state index is -2.44. The number of hydrogen-bond acceptors (Lipinski definition) is 1. The van der Waals surface area contributed by atoms with Gasteiger partial charge in [-0.05, 0) is 55.5 Å². The number of alkyl halides is 2. The fourth-order valence-electron chi connectivity index (χ4n) is 2.71. The molecule has 1 aromatic carbocycles. The quantitative estimate of drug-likeness (QED) is 0.843. The maximum Gasteiger partial charge on any atom is 0.248 e. The van der Waals surface area contributed by atoms with Crippen molar-refractivity contribution in [2.75, 3.05) is 0 Å². The Morgan fingerprint density at radius 1 is 1.21 bits per heavy atom. The number of halogens is 3. The van der Waals surface area contributed by atoms with Crippen molar-refractivity contribution in [1.82, 2.24) is 5.32 Å². The Kier molecular flexibility index (Phi) is 4.62. The molecule has 0 bridgehead atoms. The Labute approximate surface area is 121 Å². The zero-order valence-corrected chi connectivity index (χ0v) is 13.0. The zero-order valence-electron chi connectivity index (χ0n) is 11.4. The third-order valence-electron chi connectivity index (χ3n) is 3.95. The normalized spacial score (nSPS) is 19.6. The standard InChI is InChI=1S/C15H20BrF2N/c1-10-7-12(16)8-11(2)14(10)9-19-13-3-5-15(17,18)6-4-13/h7-8,13,19H,3-6,9H2,1-2H3. The van der Waals surface area contributed by atoms with Gasteiger partial charge in [0.1, 0.15) is 0 Å². The van der Waals surface area contributed by atoms with Gasteiger partial charge in [0.25, 0.3) is 0 Å². The average molecular weight is 332 g/mol. The van der Waals surface area contributed by atoms with Crippen molar-refractivity contribution in [3.63, 3.8) is 0 Å². The van der Waals surface area contributed by atoms with Crippen LogP contribution in [0.3, 0.4) is 0 Å². The first-order valence-corrected chi connectivity index (χ1v) is 7.53. The third kappa shape index (κ3) is 3.99. The van der Waals surface area contributed by atoms with E-state index in [1.54, 1.807) is 0 Å². The molecule has 4 heteroatoms. The maximum atomic E-state index is 13.1. The van der Waals surface area contributed by atoms with Crippen molar-refractivity contribution in [3.05, 3.63) is 33.3 Å². The molecule has 1 N–H and O–H groups in total. The second kappa shape index (κ2) is 5.88. The molecular weight excluding hydrogens is 312 g/mol. The van der Waals surface area contributed by atoms with E-state index in [2.05, 4.69) is 47.2 Å². The van der Waals surface area contributed by atoms with E-state index >= 15 is 0 Å². The van der Waals surface area contributed by atoms with Crippen LogP contribution in [0.1, 0.15) is 42.4 Å². The largest absolute Gasteiger partial charge is 0.310 e. The molecule has 0 amide bonds. The summed E-state index contributed by atoms with van der Waals surface area (Å²) in [7, 11) is 0. The molecule has 0 atom stereocenters. The average Bonchev–Trinajstić information content (AvgIpc) is 2.29. The topological polar surface area (TPSA) is 12.0 Å². The molecule has 1 fully saturated rings. The predicted octanol–water partition coefficient (Wildman–Crippen LogP) is 4.73. The van der Waals surface area contributed by atoms with E-state index in [1.807, 2.05) is 0 Å². The summed E-state index contributed by atoms with van der Waals surface area (Å²) in [5.74, 6) is -2.44. The van der Waals surface area contributed by atoms with Crippen LogP contribution in [0, 0.1) is 13.8 Å². The Hall–Kier alpha value is -0.480. The van der Waals surface area contributed by atoms with Crippen LogP contribution in [-0.2, 0) is 6.54 Å². The summed E-state index contributed by atoms with van der Waals surface area (Å²) >= 11 is 3.48. The van der Waals surface area contributed by atoms with Crippen molar-refractivity contribution in [2.24, 2.45) is 0 Å².